The van der Waals surface area contributed by atoms with Crippen LogP contribution in [0.4, 0.5) is 13.2 Å². The summed E-state index contributed by atoms with van der Waals surface area (Å²) in [5.74, 6) is -0.652. The molecule has 8 heteroatoms. The quantitative estimate of drug-likeness (QED) is 0.741. The second kappa shape index (κ2) is 8.07. The van der Waals surface area contributed by atoms with Crippen molar-refractivity contribution in [3.63, 3.8) is 0 Å². The summed E-state index contributed by atoms with van der Waals surface area (Å²) in [5.41, 5.74) is -2.40. The summed E-state index contributed by atoms with van der Waals surface area (Å²) >= 11 is 0. The third kappa shape index (κ3) is 4.35. The molecule has 0 unspecified atom stereocenters. The van der Waals surface area contributed by atoms with Crippen LogP contribution >= 0.6 is 0 Å². The van der Waals surface area contributed by atoms with Gasteiger partial charge in [0.25, 0.3) is 11.6 Å². The van der Waals surface area contributed by atoms with Crippen molar-refractivity contribution >= 4 is 11.6 Å². The minimum atomic E-state index is -5.01. The number of hydrogen-bond acceptors (Lipinski definition) is 4. The lowest BCUT2D eigenvalue weighted by Gasteiger charge is -2.32. The van der Waals surface area contributed by atoms with E-state index in [0.29, 0.717) is 18.6 Å². The van der Waals surface area contributed by atoms with Crippen molar-refractivity contribution in [2.24, 2.45) is 5.10 Å². The Morgan fingerprint density at radius 1 is 1.35 bits per heavy atom. The normalized spacial score (nSPS) is 20.2. The number of nitrogens with zero attached hydrogens (tertiary/aromatic N) is 2. The second-order valence-corrected chi connectivity index (χ2v) is 6.37. The fourth-order valence-electron chi connectivity index (χ4n) is 2.74. The Kier molecular flexibility index (Phi) is 6.28. The number of alkyl halides is 3. The van der Waals surface area contributed by atoms with Gasteiger partial charge in [-0.05, 0) is 31.4 Å². The molecule has 1 aliphatic rings. The first-order chi connectivity index (χ1) is 12.2. The zero-order valence-electron chi connectivity index (χ0n) is 14.8. The Morgan fingerprint density at radius 2 is 2.04 bits per heavy atom. The standard InChI is InChI=1S/C18H23F3N2O3/c1-3-4-5-9-14-11-17(25,18(19,20)21)23(22-14)16(24)12-26-15-10-7-6-8-13(15)2/h6-8,10,25H,3-5,9,11-12H2,1-2H3/t17-/m0/s1. The average Bonchev–Trinajstić information content (AvgIpc) is 2.92. The number of ether oxygens (including phenoxy) is 1. The van der Waals surface area contributed by atoms with E-state index < -0.39 is 30.8 Å². The van der Waals surface area contributed by atoms with Crippen LogP contribution in [-0.4, -0.2) is 40.2 Å². The third-order valence-electron chi connectivity index (χ3n) is 4.25. The number of amides is 1. The smallest absolute Gasteiger partial charge is 0.438 e. The number of unbranched alkanes of at least 4 members (excludes halogenated alkanes) is 2. The van der Waals surface area contributed by atoms with Crippen molar-refractivity contribution in [1.82, 2.24) is 5.01 Å². The Labute approximate surface area is 150 Å². The minimum Gasteiger partial charge on any atom is -0.483 e. The maximum Gasteiger partial charge on any atom is 0.438 e. The molecular formula is C18H23F3N2O3. The van der Waals surface area contributed by atoms with Gasteiger partial charge in [0.2, 0.25) is 0 Å². The number of hydrazone groups is 1. The molecule has 0 aliphatic carbocycles. The van der Waals surface area contributed by atoms with Crippen molar-refractivity contribution in [3.8, 4) is 5.75 Å². The van der Waals surface area contributed by atoms with Crippen LogP contribution in [0.1, 0.15) is 44.6 Å². The van der Waals surface area contributed by atoms with Crippen molar-refractivity contribution < 1.29 is 27.8 Å². The van der Waals surface area contributed by atoms with Gasteiger partial charge in [0.15, 0.2) is 6.61 Å². The van der Waals surface area contributed by atoms with Crippen LogP contribution in [-0.2, 0) is 4.79 Å². The Balaban J connectivity index is 2.13. The molecule has 0 saturated heterocycles. The van der Waals surface area contributed by atoms with Crippen LogP contribution in [0.3, 0.4) is 0 Å². The Bertz CT molecular complexity index is 676. The highest BCUT2D eigenvalue weighted by Crippen LogP contribution is 2.41. The molecule has 1 amide bonds. The van der Waals surface area contributed by atoms with Crippen molar-refractivity contribution in [2.45, 2.75) is 57.9 Å². The summed E-state index contributed by atoms with van der Waals surface area (Å²) < 4.78 is 45.5. The van der Waals surface area contributed by atoms with E-state index in [9.17, 15) is 23.1 Å². The third-order valence-corrected chi connectivity index (χ3v) is 4.25. The summed E-state index contributed by atoms with van der Waals surface area (Å²) in [7, 11) is 0. The lowest BCUT2D eigenvalue weighted by molar-refractivity contribution is -0.302. The molecule has 1 aliphatic heterocycles. The van der Waals surface area contributed by atoms with Gasteiger partial charge in [0, 0.05) is 12.1 Å². The molecule has 1 N–H and O–H groups in total. The molecule has 0 spiro atoms. The largest absolute Gasteiger partial charge is 0.483 e. The second-order valence-electron chi connectivity index (χ2n) is 6.37. The molecule has 26 heavy (non-hydrogen) atoms. The van der Waals surface area contributed by atoms with Gasteiger partial charge in [0.05, 0.1) is 0 Å². The maximum atomic E-state index is 13.4. The van der Waals surface area contributed by atoms with E-state index >= 15 is 0 Å². The fraction of sp³-hybridized carbons (Fsp3) is 0.556. The first-order valence-corrected chi connectivity index (χ1v) is 8.56. The summed E-state index contributed by atoms with van der Waals surface area (Å²) in [6.45, 7) is 3.09. The van der Waals surface area contributed by atoms with Gasteiger partial charge >= 0.3 is 6.18 Å². The van der Waals surface area contributed by atoms with Gasteiger partial charge in [-0.15, -0.1) is 0 Å². The summed E-state index contributed by atoms with van der Waals surface area (Å²) in [6, 6.07) is 6.84. The molecule has 0 radical (unpaired) electrons. The highest BCUT2D eigenvalue weighted by molar-refractivity contribution is 5.91. The SMILES string of the molecule is CCCCCC1=NN(C(=O)COc2ccccc2C)[C@@](O)(C(F)(F)F)C1. The van der Waals surface area contributed by atoms with Crippen LogP contribution < -0.4 is 4.74 Å². The number of benzene rings is 1. The zero-order valence-corrected chi connectivity index (χ0v) is 14.8. The number of para-hydroxylation sites is 1. The number of aryl methyl sites for hydroxylation is 1. The lowest BCUT2D eigenvalue weighted by Crippen LogP contribution is -2.57. The number of hydrogen-bond donors (Lipinski definition) is 1. The van der Waals surface area contributed by atoms with E-state index in [-0.39, 0.29) is 10.7 Å². The van der Waals surface area contributed by atoms with Crippen LogP contribution in [0.15, 0.2) is 29.4 Å². The highest BCUT2D eigenvalue weighted by Gasteiger charge is 2.63. The van der Waals surface area contributed by atoms with Crippen LogP contribution in [0.5, 0.6) is 5.75 Å². The molecule has 0 saturated carbocycles. The minimum absolute atomic E-state index is 0.132. The molecule has 0 fully saturated rings. The van der Waals surface area contributed by atoms with E-state index in [0.717, 1.165) is 18.4 Å². The van der Waals surface area contributed by atoms with Crippen LogP contribution in [0.25, 0.3) is 0 Å². The topological polar surface area (TPSA) is 62.1 Å². The summed E-state index contributed by atoms with van der Waals surface area (Å²) in [4.78, 5) is 12.3. The van der Waals surface area contributed by atoms with Gasteiger partial charge in [-0.3, -0.25) is 4.79 Å². The van der Waals surface area contributed by atoms with Gasteiger partial charge < -0.3 is 9.84 Å². The van der Waals surface area contributed by atoms with E-state index in [1.807, 2.05) is 6.92 Å². The number of rotatable bonds is 7. The molecular weight excluding hydrogens is 349 g/mol. The first kappa shape index (κ1) is 20.2. The molecule has 0 aromatic heterocycles. The number of halogens is 3. The van der Waals surface area contributed by atoms with Gasteiger partial charge in [-0.1, -0.05) is 38.0 Å². The molecule has 144 valence electrons. The summed E-state index contributed by atoms with van der Waals surface area (Å²) in [5, 5.41) is 14.0. The van der Waals surface area contributed by atoms with E-state index in [4.69, 9.17) is 4.74 Å². The van der Waals surface area contributed by atoms with Crippen LogP contribution in [0, 0.1) is 6.92 Å². The van der Waals surface area contributed by atoms with E-state index in [2.05, 4.69) is 5.10 Å². The highest BCUT2D eigenvalue weighted by atomic mass is 19.4. The average molecular weight is 372 g/mol. The molecule has 1 aromatic rings. The predicted molar refractivity (Wildman–Crippen MR) is 90.7 cm³/mol. The molecule has 2 rings (SSSR count). The van der Waals surface area contributed by atoms with Gasteiger partial charge in [-0.2, -0.15) is 23.3 Å². The fourth-order valence-corrected chi connectivity index (χ4v) is 2.74. The number of carbonyl (C=O) groups excluding carboxylic acids is 1. The maximum absolute atomic E-state index is 13.4. The van der Waals surface area contributed by atoms with Crippen LogP contribution in [0.2, 0.25) is 0 Å². The predicted octanol–water partition coefficient (Wildman–Crippen LogP) is 3.79. The van der Waals surface area contributed by atoms with E-state index in [1.54, 1.807) is 31.2 Å². The summed E-state index contributed by atoms with van der Waals surface area (Å²) in [6.07, 6.45) is -3.02. The van der Waals surface area contributed by atoms with Gasteiger partial charge in [0.1, 0.15) is 5.75 Å². The van der Waals surface area contributed by atoms with E-state index in [1.165, 1.54) is 0 Å². The van der Waals surface area contributed by atoms with Gasteiger partial charge in [-0.25, -0.2) is 0 Å². The lowest BCUT2D eigenvalue weighted by atomic mass is 10.0. The molecule has 5 nitrogen and oxygen atoms in total. The number of aliphatic hydroxyl groups is 1. The molecule has 1 heterocycles. The Morgan fingerprint density at radius 3 is 2.65 bits per heavy atom. The molecule has 1 atom stereocenters. The Hall–Kier alpha value is -2.09. The van der Waals surface area contributed by atoms with Crippen molar-refractivity contribution in [3.05, 3.63) is 29.8 Å². The van der Waals surface area contributed by atoms with Crippen molar-refractivity contribution in [1.29, 1.82) is 0 Å². The molecule has 1 aromatic carbocycles. The monoisotopic (exact) mass is 372 g/mol. The van der Waals surface area contributed by atoms with Crippen molar-refractivity contribution in [2.75, 3.05) is 6.61 Å². The zero-order chi connectivity index (χ0) is 19.4. The number of carbonyl (C=O) groups is 1. The first-order valence-electron chi connectivity index (χ1n) is 8.56. The molecule has 0 bridgehead atoms.